The normalized spacial score (nSPS) is 29.7. The molecule has 0 bridgehead atoms. The van der Waals surface area contributed by atoms with Gasteiger partial charge >= 0.3 is 0 Å². The van der Waals surface area contributed by atoms with E-state index in [1.165, 1.54) is 0 Å². The van der Waals surface area contributed by atoms with E-state index in [0.717, 1.165) is 30.6 Å². The monoisotopic (exact) mass is 359 g/mol. The molecule has 2 amide bonds. The number of amides is 2. The van der Waals surface area contributed by atoms with Gasteiger partial charge in [-0.3, -0.25) is 14.5 Å². The van der Waals surface area contributed by atoms with Crippen LogP contribution in [0.25, 0.3) is 0 Å². The molecule has 1 spiro atoms. The summed E-state index contributed by atoms with van der Waals surface area (Å²) in [7, 11) is 0. The number of benzene rings is 1. The second kappa shape index (κ2) is 6.98. The number of carbonyl (C=O) groups is 2. The average Bonchev–Trinajstić information content (AvgIpc) is 3.29. The molecule has 1 aromatic carbocycles. The second-order valence-electron chi connectivity index (χ2n) is 7.17. The molecule has 1 aromatic rings. The molecule has 3 N–H and O–H groups in total. The van der Waals surface area contributed by atoms with E-state index in [1.54, 1.807) is 0 Å². The summed E-state index contributed by atoms with van der Waals surface area (Å²) in [6, 6.07) is 7.99. The molecule has 3 atom stereocenters. The van der Waals surface area contributed by atoms with Gasteiger partial charge in [-0.15, -0.1) is 0 Å². The molecule has 26 heavy (non-hydrogen) atoms. The predicted octanol–water partition coefficient (Wildman–Crippen LogP) is 0.443. The maximum absolute atomic E-state index is 13.1. The molecule has 7 nitrogen and oxygen atoms in total. The third-order valence-corrected chi connectivity index (χ3v) is 5.87. The minimum absolute atomic E-state index is 0.0344. The highest BCUT2D eigenvalue weighted by Crippen LogP contribution is 2.55. The van der Waals surface area contributed by atoms with Crippen LogP contribution in [-0.2, 0) is 19.9 Å². The van der Waals surface area contributed by atoms with Crippen molar-refractivity contribution in [1.82, 2.24) is 10.2 Å². The van der Waals surface area contributed by atoms with Gasteiger partial charge in [0.2, 0.25) is 11.8 Å². The van der Waals surface area contributed by atoms with Crippen molar-refractivity contribution in [3.8, 4) is 0 Å². The highest BCUT2D eigenvalue weighted by Gasteiger charge is 2.65. The molecule has 3 heterocycles. The highest BCUT2D eigenvalue weighted by molar-refractivity contribution is 6.09. The molecule has 4 rings (SSSR count). The van der Waals surface area contributed by atoms with Crippen molar-refractivity contribution < 1.29 is 19.4 Å². The standard InChI is InChI=1S/C19H25N3O4/c23-9-11-26-10-7-20-17(24)15-12-13-4-3-8-22(13)19(15)14-5-1-2-6-16(14)21-18(19)25/h1-2,5-6,13,15,23H,3-4,7-12H2,(H,20,24)(H,21,25)/t13-,15-,19+/m1/s1. The maximum Gasteiger partial charge on any atom is 0.250 e. The first-order valence-corrected chi connectivity index (χ1v) is 9.33. The van der Waals surface area contributed by atoms with Crippen LogP contribution in [0.1, 0.15) is 24.8 Å². The van der Waals surface area contributed by atoms with Crippen molar-refractivity contribution in [3.63, 3.8) is 0 Å². The molecule has 7 heteroatoms. The van der Waals surface area contributed by atoms with Gasteiger partial charge in [-0.1, -0.05) is 18.2 Å². The molecular formula is C19H25N3O4. The number of carbonyl (C=O) groups excluding carboxylic acids is 2. The van der Waals surface area contributed by atoms with Crippen molar-refractivity contribution in [2.75, 3.05) is 38.2 Å². The Morgan fingerprint density at radius 3 is 3.08 bits per heavy atom. The summed E-state index contributed by atoms with van der Waals surface area (Å²) in [4.78, 5) is 28.4. The Balaban J connectivity index is 1.60. The van der Waals surface area contributed by atoms with Crippen molar-refractivity contribution in [2.24, 2.45) is 5.92 Å². The van der Waals surface area contributed by atoms with Gasteiger partial charge in [0.25, 0.3) is 0 Å². The lowest BCUT2D eigenvalue weighted by molar-refractivity contribution is -0.137. The van der Waals surface area contributed by atoms with Crippen LogP contribution in [0.4, 0.5) is 5.69 Å². The number of ether oxygens (including phenoxy) is 1. The van der Waals surface area contributed by atoms with E-state index < -0.39 is 11.5 Å². The zero-order valence-corrected chi connectivity index (χ0v) is 14.7. The third kappa shape index (κ3) is 2.53. The SMILES string of the molecule is O=C(NCCOCCO)[C@H]1C[C@H]2CCCN2[C@]12C(=O)Nc1ccccc12. The van der Waals surface area contributed by atoms with E-state index in [0.29, 0.717) is 19.6 Å². The average molecular weight is 359 g/mol. The topological polar surface area (TPSA) is 90.9 Å². The van der Waals surface area contributed by atoms with Gasteiger partial charge in [-0.05, 0) is 31.9 Å². The Morgan fingerprint density at radius 2 is 2.23 bits per heavy atom. The number of fused-ring (bicyclic) bond motifs is 4. The van der Waals surface area contributed by atoms with E-state index in [4.69, 9.17) is 9.84 Å². The number of hydrogen-bond acceptors (Lipinski definition) is 5. The van der Waals surface area contributed by atoms with E-state index in [9.17, 15) is 9.59 Å². The number of aliphatic hydroxyl groups is 1. The van der Waals surface area contributed by atoms with Crippen LogP contribution in [0.15, 0.2) is 24.3 Å². The maximum atomic E-state index is 13.1. The first-order chi connectivity index (χ1) is 12.7. The molecule has 0 aliphatic carbocycles. The van der Waals surface area contributed by atoms with Gasteiger partial charge in [0, 0.05) is 23.8 Å². The largest absolute Gasteiger partial charge is 0.394 e. The van der Waals surface area contributed by atoms with E-state index in [2.05, 4.69) is 15.5 Å². The Labute approximate surface area is 152 Å². The van der Waals surface area contributed by atoms with Crippen LogP contribution in [0, 0.1) is 5.92 Å². The minimum Gasteiger partial charge on any atom is -0.394 e. The van der Waals surface area contributed by atoms with Gasteiger partial charge in [-0.2, -0.15) is 0 Å². The molecule has 0 saturated carbocycles. The van der Waals surface area contributed by atoms with E-state index in [1.807, 2.05) is 24.3 Å². The third-order valence-electron chi connectivity index (χ3n) is 5.87. The fourth-order valence-corrected chi connectivity index (χ4v) is 4.92. The molecule has 3 aliphatic rings. The molecule has 0 unspecified atom stereocenters. The van der Waals surface area contributed by atoms with Crippen molar-refractivity contribution in [2.45, 2.75) is 30.8 Å². The molecule has 140 valence electrons. The summed E-state index contributed by atoms with van der Waals surface area (Å²) in [5.74, 6) is -0.590. The number of nitrogens with zero attached hydrogens (tertiary/aromatic N) is 1. The van der Waals surface area contributed by atoms with Gasteiger partial charge < -0.3 is 20.5 Å². The van der Waals surface area contributed by atoms with Crippen LogP contribution in [0.3, 0.4) is 0 Å². The second-order valence-corrected chi connectivity index (χ2v) is 7.17. The first kappa shape index (κ1) is 17.5. The summed E-state index contributed by atoms with van der Waals surface area (Å²) in [6.07, 6.45) is 2.79. The number of anilines is 1. The van der Waals surface area contributed by atoms with Crippen LogP contribution in [-0.4, -0.2) is 60.8 Å². The lowest BCUT2D eigenvalue weighted by Gasteiger charge is -2.36. The van der Waals surface area contributed by atoms with Gasteiger partial charge in [0.1, 0.15) is 5.54 Å². The number of aliphatic hydroxyl groups excluding tert-OH is 1. The quantitative estimate of drug-likeness (QED) is 0.642. The van der Waals surface area contributed by atoms with Gasteiger partial charge in [-0.25, -0.2) is 0 Å². The van der Waals surface area contributed by atoms with Crippen molar-refractivity contribution in [1.29, 1.82) is 0 Å². The molecule has 0 aromatic heterocycles. The van der Waals surface area contributed by atoms with E-state index in [-0.39, 0.29) is 31.1 Å². The van der Waals surface area contributed by atoms with E-state index >= 15 is 0 Å². The summed E-state index contributed by atoms with van der Waals surface area (Å²) in [5.41, 5.74) is 0.841. The van der Waals surface area contributed by atoms with Crippen molar-refractivity contribution in [3.05, 3.63) is 29.8 Å². The minimum atomic E-state index is -0.895. The molecular weight excluding hydrogens is 334 g/mol. The Morgan fingerprint density at radius 1 is 1.38 bits per heavy atom. The lowest BCUT2D eigenvalue weighted by atomic mass is 9.78. The smallest absolute Gasteiger partial charge is 0.250 e. The molecule has 2 saturated heterocycles. The van der Waals surface area contributed by atoms with Crippen LogP contribution >= 0.6 is 0 Å². The first-order valence-electron chi connectivity index (χ1n) is 9.33. The zero-order valence-electron chi connectivity index (χ0n) is 14.7. The van der Waals surface area contributed by atoms with Crippen LogP contribution < -0.4 is 10.6 Å². The number of para-hydroxylation sites is 1. The Kier molecular flexibility index (Phi) is 4.69. The number of hydrogen-bond donors (Lipinski definition) is 3. The Hall–Kier alpha value is -1.96. The fraction of sp³-hybridized carbons (Fsp3) is 0.579. The number of nitrogens with one attached hydrogen (secondary N) is 2. The highest BCUT2D eigenvalue weighted by atomic mass is 16.5. The van der Waals surface area contributed by atoms with Crippen LogP contribution in [0.2, 0.25) is 0 Å². The lowest BCUT2D eigenvalue weighted by Crippen LogP contribution is -2.54. The predicted molar refractivity (Wildman–Crippen MR) is 95.5 cm³/mol. The number of rotatable bonds is 6. The van der Waals surface area contributed by atoms with Gasteiger partial charge in [0.05, 0.1) is 25.7 Å². The zero-order chi connectivity index (χ0) is 18.1. The summed E-state index contributed by atoms with van der Waals surface area (Å²) >= 11 is 0. The van der Waals surface area contributed by atoms with Crippen molar-refractivity contribution >= 4 is 17.5 Å². The van der Waals surface area contributed by atoms with Crippen LogP contribution in [0.5, 0.6) is 0 Å². The fourth-order valence-electron chi connectivity index (χ4n) is 4.92. The summed E-state index contributed by atoms with van der Waals surface area (Å²) < 4.78 is 5.21. The summed E-state index contributed by atoms with van der Waals surface area (Å²) in [5, 5.41) is 14.7. The molecule has 3 aliphatic heterocycles. The molecule has 2 fully saturated rings. The Bertz CT molecular complexity index is 710. The summed E-state index contributed by atoms with van der Waals surface area (Å²) in [6.45, 7) is 1.79. The molecule has 0 radical (unpaired) electrons. The van der Waals surface area contributed by atoms with Gasteiger partial charge in [0.15, 0.2) is 0 Å².